The van der Waals surface area contributed by atoms with E-state index in [1.165, 1.54) is 24.3 Å². The van der Waals surface area contributed by atoms with Crippen molar-refractivity contribution in [1.82, 2.24) is 0 Å². The van der Waals surface area contributed by atoms with Crippen LogP contribution < -0.4 is 0 Å². The molecule has 0 N–H and O–H groups in total. The van der Waals surface area contributed by atoms with Gasteiger partial charge in [-0.2, -0.15) is 0 Å². The number of nitro groups is 2. The van der Waals surface area contributed by atoms with E-state index in [1.54, 1.807) is 0 Å². The lowest BCUT2D eigenvalue weighted by molar-refractivity contribution is -0.385. The molecule has 12 heteroatoms. The van der Waals surface area contributed by atoms with Crippen molar-refractivity contribution in [2.24, 2.45) is 0 Å². The Morgan fingerprint density at radius 2 is 1.04 bits per heavy atom. The molecule has 28 heavy (non-hydrogen) atoms. The molecule has 0 bridgehead atoms. The van der Waals surface area contributed by atoms with Crippen molar-refractivity contribution in [3.63, 3.8) is 0 Å². The van der Waals surface area contributed by atoms with Crippen LogP contribution in [0.2, 0.25) is 0 Å². The predicted molar refractivity (Wildman–Crippen MR) is 101 cm³/mol. The van der Waals surface area contributed by atoms with Gasteiger partial charge in [-0.25, -0.2) is 16.8 Å². The van der Waals surface area contributed by atoms with Crippen LogP contribution in [0, 0.1) is 20.2 Å². The summed E-state index contributed by atoms with van der Waals surface area (Å²) in [6, 6.07) is 6.47. The molecule has 0 aromatic heterocycles. The minimum atomic E-state index is -3.81. The van der Waals surface area contributed by atoms with Crippen LogP contribution in [0.1, 0.15) is 11.1 Å². The van der Waals surface area contributed by atoms with Crippen LogP contribution in [0.3, 0.4) is 0 Å². The summed E-state index contributed by atoms with van der Waals surface area (Å²) in [6.07, 6.45) is 4.32. The van der Waals surface area contributed by atoms with E-state index in [0.29, 0.717) is 0 Å². The van der Waals surface area contributed by atoms with Gasteiger partial charge >= 0.3 is 0 Å². The van der Waals surface area contributed by atoms with E-state index in [9.17, 15) is 37.1 Å². The van der Waals surface area contributed by atoms with Crippen molar-refractivity contribution in [2.45, 2.75) is 9.79 Å². The first-order valence-electron chi connectivity index (χ1n) is 7.46. The molecule has 0 spiro atoms. The highest BCUT2D eigenvalue weighted by Gasteiger charge is 2.19. The lowest BCUT2D eigenvalue weighted by Crippen LogP contribution is -2.02. The van der Waals surface area contributed by atoms with Gasteiger partial charge in [0.25, 0.3) is 11.4 Å². The van der Waals surface area contributed by atoms with Crippen LogP contribution >= 0.6 is 0 Å². The van der Waals surface area contributed by atoms with E-state index in [-0.39, 0.29) is 20.9 Å². The molecule has 2 aromatic rings. The Balaban J connectivity index is 2.64. The maximum Gasteiger partial charge on any atom is 0.270 e. The Bertz CT molecular complexity index is 1120. The smallest absolute Gasteiger partial charge is 0.258 e. The van der Waals surface area contributed by atoms with Crippen LogP contribution in [0.5, 0.6) is 0 Å². The second-order valence-electron chi connectivity index (χ2n) is 5.84. The average Bonchev–Trinajstić information content (AvgIpc) is 2.57. The van der Waals surface area contributed by atoms with Crippen LogP contribution in [0.15, 0.2) is 46.2 Å². The van der Waals surface area contributed by atoms with E-state index in [2.05, 4.69) is 0 Å². The van der Waals surface area contributed by atoms with Crippen LogP contribution in [0.4, 0.5) is 11.4 Å². The first-order chi connectivity index (χ1) is 12.8. The number of nitrogens with zero attached hydrogens (tertiary/aromatic N) is 2. The summed E-state index contributed by atoms with van der Waals surface area (Å²) in [6.45, 7) is 0. The number of nitro benzene ring substituents is 2. The first-order valence-corrected chi connectivity index (χ1v) is 11.2. The lowest BCUT2D eigenvalue weighted by Gasteiger charge is -2.06. The molecule has 0 atom stereocenters. The van der Waals surface area contributed by atoms with Gasteiger partial charge in [0.1, 0.15) is 0 Å². The van der Waals surface area contributed by atoms with Gasteiger partial charge in [-0.1, -0.05) is 12.2 Å². The van der Waals surface area contributed by atoms with Crippen LogP contribution in [-0.2, 0) is 19.7 Å². The standard InChI is InChI=1S/C16H14N2O8S2/c1-27(23,24)15-9-13(17(19)20)7-5-11(15)3-4-12-6-8-14(18(21)22)10-16(12)28(2,25)26/h3-10H,1-2H3/b4-3+. The molecule has 0 fully saturated rings. The van der Waals surface area contributed by atoms with Gasteiger partial charge in [0.05, 0.1) is 19.6 Å². The molecule has 0 amide bonds. The van der Waals surface area contributed by atoms with Gasteiger partial charge in [0.2, 0.25) is 0 Å². The molecular formula is C16H14N2O8S2. The first kappa shape index (κ1) is 21.2. The van der Waals surface area contributed by atoms with E-state index >= 15 is 0 Å². The summed E-state index contributed by atoms with van der Waals surface area (Å²) in [7, 11) is -7.63. The Morgan fingerprint density at radius 3 is 1.29 bits per heavy atom. The number of non-ortho nitro benzene ring substituents is 2. The van der Waals surface area contributed by atoms with Crippen molar-refractivity contribution < 1.29 is 26.7 Å². The number of sulfone groups is 2. The monoisotopic (exact) mass is 426 g/mol. The Morgan fingerprint density at radius 1 is 0.714 bits per heavy atom. The van der Waals surface area contributed by atoms with Crippen molar-refractivity contribution in [3.8, 4) is 0 Å². The third kappa shape index (κ3) is 4.78. The van der Waals surface area contributed by atoms with Crippen molar-refractivity contribution in [1.29, 1.82) is 0 Å². The summed E-state index contributed by atoms with van der Waals surface area (Å²) in [4.78, 5) is 19.7. The largest absolute Gasteiger partial charge is 0.270 e. The molecule has 0 saturated heterocycles. The number of benzene rings is 2. The maximum absolute atomic E-state index is 12.0. The Hall–Kier alpha value is -3.12. The molecule has 0 saturated carbocycles. The highest BCUT2D eigenvalue weighted by molar-refractivity contribution is 7.91. The van der Waals surface area contributed by atoms with Gasteiger partial charge in [0, 0.05) is 36.8 Å². The van der Waals surface area contributed by atoms with E-state index in [4.69, 9.17) is 0 Å². The summed E-state index contributed by atoms with van der Waals surface area (Å²) in [5, 5.41) is 21.8. The molecule has 0 aliphatic rings. The maximum atomic E-state index is 12.0. The average molecular weight is 426 g/mol. The van der Waals surface area contributed by atoms with Crippen molar-refractivity contribution in [3.05, 3.63) is 67.8 Å². The molecule has 10 nitrogen and oxygen atoms in total. The third-order valence-corrected chi connectivity index (χ3v) is 5.96. The fraction of sp³-hybridized carbons (Fsp3) is 0.125. The molecule has 2 rings (SSSR count). The highest BCUT2D eigenvalue weighted by Crippen LogP contribution is 2.27. The summed E-state index contributed by atoms with van der Waals surface area (Å²) in [5.74, 6) is 0. The van der Waals surface area contributed by atoms with Crippen LogP contribution in [0.25, 0.3) is 12.2 Å². The highest BCUT2D eigenvalue weighted by atomic mass is 32.2. The summed E-state index contributed by atoms with van der Waals surface area (Å²) >= 11 is 0. The molecule has 2 aromatic carbocycles. The van der Waals surface area contributed by atoms with Crippen molar-refractivity contribution >= 4 is 43.2 Å². The quantitative estimate of drug-likeness (QED) is 0.387. The van der Waals surface area contributed by atoms with Gasteiger partial charge in [-0.15, -0.1) is 0 Å². The van der Waals surface area contributed by atoms with Gasteiger partial charge < -0.3 is 0 Å². The molecule has 0 radical (unpaired) electrons. The summed E-state index contributed by atoms with van der Waals surface area (Å²) < 4.78 is 47.8. The fourth-order valence-electron chi connectivity index (χ4n) is 2.37. The summed E-state index contributed by atoms with van der Waals surface area (Å²) in [5.41, 5.74) is -0.619. The van der Waals surface area contributed by atoms with E-state index in [0.717, 1.165) is 36.8 Å². The molecule has 148 valence electrons. The zero-order chi connectivity index (χ0) is 21.3. The second-order valence-corrected chi connectivity index (χ2v) is 9.80. The third-order valence-electron chi connectivity index (χ3n) is 3.66. The number of rotatable bonds is 6. The van der Waals surface area contributed by atoms with Crippen molar-refractivity contribution in [2.75, 3.05) is 12.5 Å². The second kappa shape index (κ2) is 7.48. The zero-order valence-electron chi connectivity index (χ0n) is 14.6. The van der Waals surface area contributed by atoms with Crippen LogP contribution in [-0.4, -0.2) is 39.2 Å². The van der Waals surface area contributed by atoms with Gasteiger partial charge in [-0.3, -0.25) is 20.2 Å². The number of hydrogen-bond acceptors (Lipinski definition) is 8. The molecule has 0 heterocycles. The number of hydrogen-bond donors (Lipinski definition) is 0. The predicted octanol–water partition coefficient (Wildman–Crippen LogP) is 2.48. The molecule has 0 unspecified atom stereocenters. The van der Waals surface area contributed by atoms with E-state index in [1.807, 2.05) is 0 Å². The zero-order valence-corrected chi connectivity index (χ0v) is 16.2. The topological polar surface area (TPSA) is 155 Å². The van der Waals surface area contributed by atoms with E-state index < -0.39 is 40.9 Å². The fourth-order valence-corrected chi connectivity index (χ4v) is 4.17. The molecule has 0 aliphatic heterocycles. The Kier molecular flexibility index (Phi) is 5.66. The lowest BCUT2D eigenvalue weighted by atomic mass is 10.1. The Labute approximate surface area is 160 Å². The minimum absolute atomic E-state index is 0.103. The van der Waals surface area contributed by atoms with Gasteiger partial charge in [0.15, 0.2) is 19.7 Å². The molecular weight excluding hydrogens is 412 g/mol. The minimum Gasteiger partial charge on any atom is -0.258 e. The molecule has 0 aliphatic carbocycles. The van der Waals surface area contributed by atoms with Gasteiger partial charge in [-0.05, 0) is 23.3 Å². The normalized spacial score (nSPS) is 12.2. The SMILES string of the molecule is CS(=O)(=O)c1cc([N+](=O)[O-])ccc1/C=C/c1ccc([N+](=O)[O-])cc1S(C)(=O)=O.